The summed E-state index contributed by atoms with van der Waals surface area (Å²) in [7, 11) is -2.98. The molecule has 1 aromatic heterocycles. The molecule has 2 aliphatic rings. The number of amides is 1. The molecule has 8 heteroatoms. The molecule has 1 amide bonds. The summed E-state index contributed by atoms with van der Waals surface area (Å²) in [4.78, 5) is 25.5. The highest BCUT2D eigenvalue weighted by atomic mass is 32.2. The molecule has 2 aliphatic heterocycles. The number of hydrogen-bond acceptors (Lipinski definition) is 6. The van der Waals surface area contributed by atoms with Crippen LogP contribution in [0, 0.1) is 6.92 Å². The Morgan fingerprint density at radius 2 is 2.00 bits per heavy atom. The van der Waals surface area contributed by atoms with Crippen molar-refractivity contribution < 1.29 is 13.2 Å². The van der Waals surface area contributed by atoms with Crippen molar-refractivity contribution in [3.05, 3.63) is 17.5 Å². The van der Waals surface area contributed by atoms with Crippen LogP contribution in [0.1, 0.15) is 48.8 Å². The molecule has 0 bridgehead atoms. The second-order valence-electron chi connectivity index (χ2n) is 6.89. The molecule has 1 atom stereocenters. The predicted molar refractivity (Wildman–Crippen MR) is 96.6 cm³/mol. The SMILES string of the molecule is CCN(c1nc(C)cc(C(=O)N2CCCCC2)n1)C1CCS(=O)(=O)C1. The van der Waals surface area contributed by atoms with Gasteiger partial charge in [-0.1, -0.05) is 0 Å². The first-order valence-electron chi connectivity index (χ1n) is 9.01. The van der Waals surface area contributed by atoms with Crippen LogP contribution >= 0.6 is 0 Å². The summed E-state index contributed by atoms with van der Waals surface area (Å²) in [6.45, 7) is 5.96. The maximum Gasteiger partial charge on any atom is 0.272 e. The summed E-state index contributed by atoms with van der Waals surface area (Å²) in [6.07, 6.45) is 3.81. The minimum atomic E-state index is -2.98. The largest absolute Gasteiger partial charge is 0.337 e. The fraction of sp³-hybridized carbons (Fsp3) is 0.706. The van der Waals surface area contributed by atoms with Crippen LogP contribution in [0.4, 0.5) is 5.95 Å². The molecule has 7 nitrogen and oxygen atoms in total. The number of hydrogen-bond donors (Lipinski definition) is 0. The number of carbonyl (C=O) groups is 1. The van der Waals surface area contributed by atoms with Crippen molar-refractivity contribution in [2.45, 2.75) is 45.6 Å². The van der Waals surface area contributed by atoms with Gasteiger partial charge in [-0.2, -0.15) is 0 Å². The van der Waals surface area contributed by atoms with Gasteiger partial charge in [0, 0.05) is 31.4 Å². The highest BCUT2D eigenvalue weighted by Gasteiger charge is 2.33. The number of aromatic nitrogens is 2. The van der Waals surface area contributed by atoms with Gasteiger partial charge in [-0.15, -0.1) is 0 Å². The smallest absolute Gasteiger partial charge is 0.272 e. The molecule has 1 unspecified atom stereocenters. The number of anilines is 1. The third-order valence-electron chi connectivity index (χ3n) is 4.95. The van der Waals surface area contributed by atoms with Gasteiger partial charge in [0.2, 0.25) is 5.95 Å². The zero-order chi connectivity index (χ0) is 18.0. The fourth-order valence-electron chi connectivity index (χ4n) is 3.63. The average molecular weight is 366 g/mol. The molecule has 3 rings (SSSR count). The quantitative estimate of drug-likeness (QED) is 0.801. The lowest BCUT2D eigenvalue weighted by Gasteiger charge is -2.29. The highest BCUT2D eigenvalue weighted by molar-refractivity contribution is 7.91. The van der Waals surface area contributed by atoms with Crippen LogP contribution in [-0.2, 0) is 9.84 Å². The van der Waals surface area contributed by atoms with Gasteiger partial charge in [-0.05, 0) is 45.6 Å². The molecule has 2 fully saturated rings. The van der Waals surface area contributed by atoms with Crippen molar-refractivity contribution in [1.82, 2.24) is 14.9 Å². The maximum atomic E-state index is 12.8. The van der Waals surface area contributed by atoms with Crippen molar-refractivity contribution in [1.29, 1.82) is 0 Å². The van der Waals surface area contributed by atoms with E-state index >= 15 is 0 Å². The fourth-order valence-corrected chi connectivity index (χ4v) is 5.36. The molecular formula is C17H26N4O3S. The summed E-state index contributed by atoms with van der Waals surface area (Å²) in [5.74, 6) is 0.749. The molecule has 0 aromatic carbocycles. The van der Waals surface area contributed by atoms with Crippen molar-refractivity contribution in [3.8, 4) is 0 Å². The van der Waals surface area contributed by atoms with Gasteiger partial charge >= 0.3 is 0 Å². The van der Waals surface area contributed by atoms with E-state index in [1.165, 1.54) is 0 Å². The Morgan fingerprint density at radius 1 is 1.28 bits per heavy atom. The van der Waals surface area contributed by atoms with Crippen molar-refractivity contribution in [2.24, 2.45) is 0 Å². The zero-order valence-corrected chi connectivity index (χ0v) is 15.8. The van der Waals surface area contributed by atoms with Crippen LogP contribution in [-0.4, -0.2) is 66.4 Å². The second-order valence-corrected chi connectivity index (χ2v) is 9.12. The molecular weight excluding hydrogens is 340 g/mol. The lowest BCUT2D eigenvalue weighted by atomic mass is 10.1. The second kappa shape index (κ2) is 7.27. The molecule has 1 aromatic rings. The van der Waals surface area contributed by atoms with Crippen LogP contribution in [0.15, 0.2) is 6.07 Å². The number of carbonyl (C=O) groups excluding carboxylic acids is 1. The van der Waals surface area contributed by atoms with E-state index in [1.54, 1.807) is 6.07 Å². The summed E-state index contributed by atoms with van der Waals surface area (Å²) in [6, 6.07) is 1.61. The van der Waals surface area contributed by atoms with Gasteiger partial charge in [-0.3, -0.25) is 4.79 Å². The molecule has 0 radical (unpaired) electrons. The van der Waals surface area contributed by atoms with Crippen LogP contribution in [0.25, 0.3) is 0 Å². The lowest BCUT2D eigenvalue weighted by Crippen LogP contribution is -2.39. The number of likely N-dealkylation sites (tertiary alicyclic amines) is 1. The van der Waals surface area contributed by atoms with E-state index in [0.29, 0.717) is 24.6 Å². The number of piperidine rings is 1. The van der Waals surface area contributed by atoms with E-state index in [0.717, 1.165) is 38.0 Å². The van der Waals surface area contributed by atoms with Gasteiger partial charge in [0.05, 0.1) is 11.5 Å². The summed E-state index contributed by atoms with van der Waals surface area (Å²) < 4.78 is 23.6. The molecule has 0 spiro atoms. The third kappa shape index (κ3) is 4.11. The van der Waals surface area contributed by atoms with Crippen molar-refractivity contribution in [2.75, 3.05) is 36.0 Å². The number of nitrogens with zero attached hydrogens (tertiary/aromatic N) is 4. The standard InChI is InChI=1S/C17H26N4O3S/c1-3-21(14-7-10-25(23,24)12-14)17-18-13(2)11-15(19-17)16(22)20-8-5-4-6-9-20/h11,14H,3-10,12H2,1-2H3. The zero-order valence-electron chi connectivity index (χ0n) is 14.9. The molecule has 3 heterocycles. The Labute approximate surface area is 149 Å². The first-order chi connectivity index (χ1) is 11.9. The van der Waals surface area contributed by atoms with E-state index in [1.807, 2.05) is 23.6 Å². The van der Waals surface area contributed by atoms with E-state index in [9.17, 15) is 13.2 Å². The molecule has 138 valence electrons. The Bertz CT molecular complexity index is 744. The highest BCUT2D eigenvalue weighted by Crippen LogP contribution is 2.23. The lowest BCUT2D eigenvalue weighted by molar-refractivity contribution is 0.0718. The summed E-state index contributed by atoms with van der Waals surface area (Å²) >= 11 is 0. The normalized spacial score (nSPS) is 22.8. The minimum absolute atomic E-state index is 0.0541. The van der Waals surface area contributed by atoms with Gasteiger partial charge in [0.15, 0.2) is 9.84 Å². The topological polar surface area (TPSA) is 83.5 Å². The number of sulfone groups is 1. The van der Waals surface area contributed by atoms with Crippen LogP contribution in [0.5, 0.6) is 0 Å². The van der Waals surface area contributed by atoms with Crippen molar-refractivity contribution >= 4 is 21.7 Å². The number of aryl methyl sites for hydroxylation is 1. The first kappa shape index (κ1) is 18.1. The van der Waals surface area contributed by atoms with E-state index in [4.69, 9.17) is 0 Å². The monoisotopic (exact) mass is 366 g/mol. The molecule has 0 aliphatic carbocycles. The van der Waals surface area contributed by atoms with Gasteiger partial charge in [-0.25, -0.2) is 18.4 Å². The summed E-state index contributed by atoms with van der Waals surface area (Å²) in [5.41, 5.74) is 1.13. The Hall–Kier alpha value is -1.70. The van der Waals surface area contributed by atoms with E-state index < -0.39 is 9.84 Å². The Kier molecular flexibility index (Phi) is 5.27. The average Bonchev–Trinajstić information content (AvgIpc) is 2.95. The van der Waals surface area contributed by atoms with Crippen LogP contribution < -0.4 is 4.90 Å². The molecule has 2 saturated heterocycles. The molecule has 0 N–H and O–H groups in total. The minimum Gasteiger partial charge on any atom is -0.337 e. The van der Waals surface area contributed by atoms with Crippen molar-refractivity contribution in [3.63, 3.8) is 0 Å². The molecule has 0 saturated carbocycles. The first-order valence-corrected chi connectivity index (χ1v) is 10.8. The Balaban J connectivity index is 1.86. The summed E-state index contributed by atoms with van der Waals surface area (Å²) in [5, 5.41) is 0. The predicted octanol–water partition coefficient (Wildman–Crippen LogP) is 1.42. The van der Waals surface area contributed by atoms with Gasteiger partial charge < -0.3 is 9.80 Å². The number of rotatable bonds is 4. The van der Waals surface area contributed by atoms with Gasteiger partial charge in [0.25, 0.3) is 5.91 Å². The third-order valence-corrected chi connectivity index (χ3v) is 6.70. The van der Waals surface area contributed by atoms with Crippen LogP contribution in [0.2, 0.25) is 0 Å². The maximum absolute atomic E-state index is 12.8. The Morgan fingerprint density at radius 3 is 2.60 bits per heavy atom. The van der Waals surface area contributed by atoms with Gasteiger partial charge in [0.1, 0.15) is 5.69 Å². The van der Waals surface area contributed by atoms with E-state index in [-0.39, 0.29) is 23.5 Å². The molecule has 25 heavy (non-hydrogen) atoms. The van der Waals surface area contributed by atoms with Crippen LogP contribution in [0.3, 0.4) is 0 Å². The van der Waals surface area contributed by atoms with E-state index in [2.05, 4.69) is 9.97 Å².